The van der Waals surface area contributed by atoms with Gasteiger partial charge in [-0.15, -0.1) is 0 Å². The highest BCUT2D eigenvalue weighted by Gasteiger charge is 2.56. The smallest absolute Gasteiger partial charge is 0.303 e. The molecule has 3 aliphatic rings. The minimum atomic E-state index is -1.55. The molecule has 0 aromatic heterocycles. The van der Waals surface area contributed by atoms with Crippen LogP contribution in [0.5, 0.6) is 0 Å². The summed E-state index contributed by atoms with van der Waals surface area (Å²) in [6, 6.07) is 0. The molecule has 7 atom stereocenters. The molecule has 0 saturated heterocycles. The molecule has 8 heteroatoms. The summed E-state index contributed by atoms with van der Waals surface area (Å²) in [5.74, 6) is -2.08. The minimum Gasteiger partial charge on any atom is -0.461 e. The van der Waals surface area contributed by atoms with E-state index in [1.165, 1.54) is 13.8 Å². The number of Topliss-reactive ketones (excluding diaryl/α,β-unsaturated/α-hetero) is 1. The lowest BCUT2D eigenvalue weighted by molar-refractivity contribution is -0.165. The van der Waals surface area contributed by atoms with Crippen molar-refractivity contribution in [3.63, 3.8) is 0 Å². The maximum atomic E-state index is 13.8. The van der Waals surface area contributed by atoms with Gasteiger partial charge >= 0.3 is 11.9 Å². The van der Waals surface area contributed by atoms with Crippen molar-refractivity contribution >= 4 is 17.7 Å². The third-order valence-corrected chi connectivity index (χ3v) is 7.64. The molecule has 0 aliphatic heterocycles. The van der Waals surface area contributed by atoms with Gasteiger partial charge in [-0.1, -0.05) is 19.9 Å². The highest BCUT2D eigenvalue weighted by Crippen LogP contribution is 2.52. The molecule has 178 valence electrons. The Morgan fingerprint density at radius 3 is 2.19 bits per heavy atom. The molecule has 0 spiro atoms. The third-order valence-electron chi connectivity index (χ3n) is 7.64. The number of carbonyl (C=O) groups excluding carboxylic acids is 3. The van der Waals surface area contributed by atoms with Crippen molar-refractivity contribution in [1.29, 1.82) is 0 Å². The van der Waals surface area contributed by atoms with Gasteiger partial charge in [-0.3, -0.25) is 14.4 Å². The Morgan fingerprint density at radius 1 is 1.03 bits per heavy atom. The number of esters is 2. The number of carbonyl (C=O) groups is 3. The van der Waals surface area contributed by atoms with Crippen LogP contribution in [0.1, 0.15) is 60.8 Å². The Kier molecular flexibility index (Phi) is 6.45. The highest BCUT2D eigenvalue weighted by atomic mass is 16.5. The Morgan fingerprint density at radius 2 is 1.62 bits per heavy atom. The predicted molar refractivity (Wildman–Crippen MR) is 114 cm³/mol. The average molecular weight is 451 g/mol. The zero-order chi connectivity index (χ0) is 24.2. The molecule has 0 unspecified atom stereocenters. The first-order valence-electron chi connectivity index (χ1n) is 11.0. The van der Waals surface area contributed by atoms with E-state index in [9.17, 15) is 29.7 Å². The highest BCUT2D eigenvalue weighted by molar-refractivity contribution is 5.93. The fourth-order valence-corrected chi connectivity index (χ4v) is 5.90. The van der Waals surface area contributed by atoms with Gasteiger partial charge in [0.1, 0.15) is 18.3 Å². The maximum Gasteiger partial charge on any atom is 0.303 e. The fraction of sp³-hybridized carbons (Fsp3) is 0.708. The Balaban J connectivity index is 2.23. The summed E-state index contributed by atoms with van der Waals surface area (Å²) in [5.41, 5.74) is -0.646. The van der Waals surface area contributed by atoms with Crippen LogP contribution >= 0.6 is 0 Å². The van der Waals surface area contributed by atoms with Gasteiger partial charge in [0.2, 0.25) is 0 Å². The van der Waals surface area contributed by atoms with Gasteiger partial charge in [0, 0.05) is 26.2 Å². The number of aliphatic hydroxyl groups excluding tert-OH is 3. The molecular weight excluding hydrogens is 416 g/mol. The van der Waals surface area contributed by atoms with Crippen molar-refractivity contribution in [2.24, 2.45) is 16.7 Å². The molecular formula is C24H34O8. The van der Waals surface area contributed by atoms with Crippen molar-refractivity contribution in [3.8, 4) is 0 Å². The number of ketones is 1. The average Bonchev–Trinajstić information content (AvgIpc) is 2.65. The summed E-state index contributed by atoms with van der Waals surface area (Å²) in [6.07, 6.45) is -3.25. The van der Waals surface area contributed by atoms with E-state index >= 15 is 0 Å². The molecule has 0 radical (unpaired) electrons. The molecule has 3 N–H and O–H groups in total. The van der Waals surface area contributed by atoms with Gasteiger partial charge in [-0.05, 0) is 48.8 Å². The first kappa shape index (κ1) is 24.6. The fourth-order valence-electron chi connectivity index (χ4n) is 5.90. The van der Waals surface area contributed by atoms with Crippen LogP contribution in [-0.4, -0.2) is 63.6 Å². The van der Waals surface area contributed by atoms with E-state index in [0.717, 1.165) is 0 Å². The molecule has 8 nitrogen and oxygen atoms in total. The van der Waals surface area contributed by atoms with Crippen LogP contribution < -0.4 is 0 Å². The first-order valence-corrected chi connectivity index (χ1v) is 11.0. The first-order chi connectivity index (χ1) is 14.7. The van der Waals surface area contributed by atoms with Gasteiger partial charge in [-0.25, -0.2) is 0 Å². The van der Waals surface area contributed by atoms with E-state index in [2.05, 4.69) is 0 Å². The zero-order valence-electron chi connectivity index (χ0n) is 19.5. The summed E-state index contributed by atoms with van der Waals surface area (Å²) < 4.78 is 10.9. The molecule has 1 saturated carbocycles. The third kappa shape index (κ3) is 4.04. The molecule has 4 bridgehead atoms. The van der Waals surface area contributed by atoms with Gasteiger partial charge < -0.3 is 24.8 Å². The monoisotopic (exact) mass is 450 g/mol. The van der Waals surface area contributed by atoms with Gasteiger partial charge in [-0.2, -0.15) is 0 Å². The van der Waals surface area contributed by atoms with Gasteiger partial charge in [0.15, 0.2) is 5.78 Å². The summed E-state index contributed by atoms with van der Waals surface area (Å²) >= 11 is 0. The van der Waals surface area contributed by atoms with Gasteiger partial charge in [0.05, 0.1) is 17.6 Å². The van der Waals surface area contributed by atoms with Gasteiger partial charge in [0.25, 0.3) is 0 Å². The van der Waals surface area contributed by atoms with Crippen LogP contribution in [0.3, 0.4) is 0 Å². The minimum absolute atomic E-state index is 0.00471. The lowest BCUT2D eigenvalue weighted by Gasteiger charge is -2.50. The Bertz CT molecular complexity index is 884. The summed E-state index contributed by atoms with van der Waals surface area (Å²) in [7, 11) is 0. The molecule has 0 aromatic carbocycles. The van der Waals surface area contributed by atoms with Crippen molar-refractivity contribution in [1.82, 2.24) is 0 Å². The largest absolute Gasteiger partial charge is 0.461 e. The van der Waals surface area contributed by atoms with Crippen LogP contribution in [0.4, 0.5) is 0 Å². The molecule has 3 aliphatic carbocycles. The van der Waals surface area contributed by atoms with Crippen LogP contribution in [-0.2, 0) is 23.9 Å². The zero-order valence-corrected chi connectivity index (χ0v) is 19.5. The summed E-state index contributed by atoms with van der Waals surface area (Å²) in [5, 5.41) is 33.3. The van der Waals surface area contributed by atoms with E-state index in [1.807, 2.05) is 13.8 Å². The van der Waals surface area contributed by atoms with Crippen molar-refractivity contribution < 1.29 is 39.2 Å². The topological polar surface area (TPSA) is 130 Å². The quantitative estimate of drug-likeness (QED) is 0.427. The van der Waals surface area contributed by atoms with Crippen LogP contribution in [0, 0.1) is 16.7 Å². The van der Waals surface area contributed by atoms with E-state index < -0.39 is 65.0 Å². The maximum absolute atomic E-state index is 13.8. The normalized spacial score (nSPS) is 40.8. The predicted octanol–water partition coefficient (Wildman–Crippen LogP) is 1.60. The van der Waals surface area contributed by atoms with Crippen molar-refractivity contribution in [2.45, 2.75) is 91.3 Å². The number of aliphatic hydroxyl groups is 3. The van der Waals surface area contributed by atoms with Crippen LogP contribution in [0.2, 0.25) is 0 Å². The molecule has 0 aromatic rings. The number of ether oxygens (including phenoxy) is 2. The van der Waals surface area contributed by atoms with E-state index in [-0.39, 0.29) is 12.8 Å². The number of fused-ring (bicyclic) bond motifs is 4. The number of rotatable bonds is 2. The second-order valence-corrected chi connectivity index (χ2v) is 10.2. The van der Waals surface area contributed by atoms with Crippen molar-refractivity contribution in [2.75, 3.05) is 0 Å². The number of hydrogen-bond donors (Lipinski definition) is 3. The summed E-state index contributed by atoms with van der Waals surface area (Å²) in [4.78, 5) is 37.2. The molecule has 1 fully saturated rings. The Labute approximate surface area is 188 Å². The standard InChI is InChI=1S/C24H34O8/c1-11-18(31-12(2)25)8-15-17(28)7-14-10-24(6,19(9-16(14)27)32-13(3)26)22(30)21(29)20(11)23(15,4)5/h7,15-19,21,27-29H,8-10H2,1-6H3/b14-7+/t15-,16+,17-,18-,19-,21+,24-/m0/s1. The van der Waals surface area contributed by atoms with E-state index in [1.54, 1.807) is 19.9 Å². The van der Waals surface area contributed by atoms with Crippen LogP contribution in [0.15, 0.2) is 22.8 Å². The molecule has 3 rings (SSSR count). The van der Waals surface area contributed by atoms with Crippen LogP contribution in [0.25, 0.3) is 0 Å². The molecule has 0 heterocycles. The number of hydrogen-bond acceptors (Lipinski definition) is 8. The SMILES string of the molecule is CC(=O)O[C@H]1C[C@H]2[C@@H](O)/C=C3\C[C@](C)(C(=O)[C@H](O)C(=C1C)C2(C)C)[C@@H](OC(C)=O)C[C@H]3O. The van der Waals surface area contributed by atoms with E-state index in [4.69, 9.17) is 9.47 Å². The Hall–Kier alpha value is -2.03. The summed E-state index contributed by atoms with van der Waals surface area (Å²) in [6.45, 7) is 9.56. The molecule has 0 amide bonds. The van der Waals surface area contributed by atoms with Crippen molar-refractivity contribution in [3.05, 3.63) is 22.8 Å². The lowest BCUT2D eigenvalue weighted by atomic mass is 9.57. The lowest BCUT2D eigenvalue weighted by Crippen LogP contribution is -2.56. The second-order valence-electron chi connectivity index (χ2n) is 10.2. The molecule has 32 heavy (non-hydrogen) atoms. The van der Waals surface area contributed by atoms with E-state index in [0.29, 0.717) is 23.1 Å². The second kappa shape index (κ2) is 8.39.